The van der Waals surface area contributed by atoms with Crippen LogP contribution in [0.15, 0.2) is 0 Å². The van der Waals surface area contributed by atoms with Crippen molar-refractivity contribution in [2.45, 2.75) is 33.1 Å². The van der Waals surface area contributed by atoms with Gasteiger partial charge in [-0.05, 0) is 18.3 Å². The molecule has 1 saturated carbocycles. The minimum Gasteiger partial charge on any atom is -0.481 e. The van der Waals surface area contributed by atoms with E-state index in [1.54, 1.807) is 0 Å². The van der Waals surface area contributed by atoms with Crippen LogP contribution in [0.5, 0.6) is 0 Å². The van der Waals surface area contributed by atoms with Crippen molar-refractivity contribution in [3.8, 4) is 0 Å². The van der Waals surface area contributed by atoms with Crippen molar-refractivity contribution in [1.82, 2.24) is 0 Å². The first-order chi connectivity index (χ1) is 6.02. The third kappa shape index (κ3) is 2.29. The Morgan fingerprint density at radius 2 is 2.31 bits per heavy atom. The topological polar surface area (TPSA) is 54.4 Å². The number of ketones is 1. The van der Waals surface area contributed by atoms with E-state index in [1.165, 1.54) is 0 Å². The highest BCUT2D eigenvalue weighted by Gasteiger charge is 2.34. The number of Topliss-reactive ketones (excluding diaryl/α,β-unsaturated/α-hetero) is 1. The lowest BCUT2D eigenvalue weighted by Gasteiger charge is -2.20. The zero-order valence-electron chi connectivity index (χ0n) is 8.12. The maximum atomic E-state index is 11.2. The molecule has 13 heavy (non-hydrogen) atoms. The van der Waals surface area contributed by atoms with Crippen LogP contribution < -0.4 is 0 Å². The normalized spacial score (nSPS) is 30.5. The van der Waals surface area contributed by atoms with E-state index in [9.17, 15) is 9.59 Å². The maximum Gasteiger partial charge on any atom is 0.303 e. The van der Waals surface area contributed by atoms with Crippen LogP contribution in [-0.4, -0.2) is 16.9 Å². The van der Waals surface area contributed by atoms with Crippen molar-refractivity contribution in [2.24, 2.45) is 17.8 Å². The predicted octanol–water partition coefficient (Wildman–Crippen LogP) is 1.71. The molecule has 0 bridgehead atoms. The van der Waals surface area contributed by atoms with E-state index in [0.29, 0.717) is 12.2 Å². The average molecular weight is 184 g/mol. The first-order valence-electron chi connectivity index (χ1n) is 4.77. The van der Waals surface area contributed by atoms with Crippen LogP contribution >= 0.6 is 0 Å². The molecule has 1 aliphatic rings. The van der Waals surface area contributed by atoms with Crippen LogP contribution in [0.25, 0.3) is 0 Å². The lowest BCUT2D eigenvalue weighted by molar-refractivity contribution is -0.138. The number of hydrogen-bond donors (Lipinski definition) is 1. The van der Waals surface area contributed by atoms with Crippen molar-refractivity contribution in [2.75, 3.05) is 0 Å². The predicted molar refractivity (Wildman–Crippen MR) is 48.3 cm³/mol. The van der Waals surface area contributed by atoms with E-state index in [2.05, 4.69) is 0 Å². The summed E-state index contributed by atoms with van der Waals surface area (Å²) in [5.41, 5.74) is 0. The molecule has 0 aromatic carbocycles. The molecule has 0 radical (unpaired) electrons. The summed E-state index contributed by atoms with van der Waals surface area (Å²) in [6, 6.07) is 0. The van der Waals surface area contributed by atoms with Crippen LogP contribution in [0.2, 0.25) is 0 Å². The molecule has 3 heteroatoms. The zero-order chi connectivity index (χ0) is 10.0. The van der Waals surface area contributed by atoms with Gasteiger partial charge in [0.25, 0.3) is 0 Å². The first-order valence-corrected chi connectivity index (χ1v) is 4.77. The monoisotopic (exact) mass is 184 g/mol. The smallest absolute Gasteiger partial charge is 0.303 e. The fourth-order valence-electron chi connectivity index (χ4n) is 2.23. The second-order valence-corrected chi connectivity index (χ2v) is 4.03. The molecule has 0 spiro atoms. The highest BCUT2D eigenvalue weighted by atomic mass is 16.4. The molecule has 0 heterocycles. The molecule has 0 amide bonds. The molecule has 0 aliphatic heterocycles. The molecule has 3 nitrogen and oxygen atoms in total. The highest BCUT2D eigenvalue weighted by molar-refractivity contribution is 5.83. The SMILES string of the molecule is C[C@H](CC(=O)O)[C@H]1CCC(=O)[C@@H]1C. The van der Waals surface area contributed by atoms with Crippen molar-refractivity contribution < 1.29 is 14.7 Å². The van der Waals surface area contributed by atoms with Gasteiger partial charge in [0.2, 0.25) is 0 Å². The average Bonchev–Trinajstić information content (AvgIpc) is 2.31. The van der Waals surface area contributed by atoms with E-state index >= 15 is 0 Å². The number of aliphatic carboxylic acids is 1. The van der Waals surface area contributed by atoms with Crippen molar-refractivity contribution in [3.05, 3.63) is 0 Å². The lowest BCUT2D eigenvalue weighted by atomic mass is 9.84. The van der Waals surface area contributed by atoms with Gasteiger partial charge in [-0.15, -0.1) is 0 Å². The summed E-state index contributed by atoms with van der Waals surface area (Å²) in [5.74, 6) is -0.00168. The van der Waals surface area contributed by atoms with Gasteiger partial charge in [-0.3, -0.25) is 9.59 Å². The molecular formula is C10H16O3. The Hall–Kier alpha value is -0.860. The molecule has 0 aromatic heterocycles. The molecule has 0 unspecified atom stereocenters. The molecule has 1 N–H and O–H groups in total. The second kappa shape index (κ2) is 3.90. The Morgan fingerprint density at radius 3 is 2.69 bits per heavy atom. The van der Waals surface area contributed by atoms with Crippen molar-refractivity contribution in [1.29, 1.82) is 0 Å². The molecule has 1 rings (SSSR count). The summed E-state index contributed by atoms with van der Waals surface area (Å²) >= 11 is 0. The zero-order valence-corrected chi connectivity index (χ0v) is 8.12. The molecule has 0 aromatic rings. The first kappa shape index (κ1) is 10.2. The number of hydrogen-bond acceptors (Lipinski definition) is 2. The standard InChI is InChI=1S/C10H16O3/c1-6(5-10(12)13)8-3-4-9(11)7(8)2/h6-8H,3-5H2,1-2H3,(H,12,13)/t6-,7-,8-/m1/s1. The molecular weight excluding hydrogens is 168 g/mol. The summed E-state index contributed by atoms with van der Waals surface area (Å²) in [4.78, 5) is 21.7. The minimum atomic E-state index is -0.765. The molecule has 1 fully saturated rings. The van der Waals surface area contributed by atoms with E-state index < -0.39 is 5.97 Å². The quantitative estimate of drug-likeness (QED) is 0.726. The lowest BCUT2D eigenvalue weighted by Crippen LogP contribution is -2.20. The molecule has 74 valence electrons. The Morgan fingerprint density at radius 1 is 1.69 bits per heavy atom. The van der Waals surface area contributed by atoms with Gasteiger partial charge in [-0.1, -0.05) is 13.8 Å². The van der Waals surface area contributed by atoms with E-state index in [1.807, 2.05) is 13.8 Å². The summed E-state index contributed by atoms with van der Waals surface area (Å²) in [6.45, 7) is 3.84. The Labute approximate surface area is 78.1 Å². The van der Waals surface area contributed by atoms with Gasteiger partial charge in [0.05, 0.1) is 0 Å². The van der Waals surface area contributed by atoms with Crippen molar-refractivity contribution in [3.63, 3.8) is 0 Å². The van der Waals surface area contributed by atoms with Gasteiger partial charge in [0.1, 0.15) is 5.78 Å². The molecule has 0 saturated heterocycles. The van der Waals surface area contributed by atoms with E-state index in [-0.39, 0.29) is 24.2 Å². The molecule has 3 atom stereocenters. The number of carbonyl (C=O) groups excluding carboxylic acids is 1. The van der Waals surface area contributed by atoms with Crippen LogP contribution in [0.1, 0.15) is 33.1 Å². The third-order valence-corrected chi connectivity index (χ3v) is 3.10. The second-order valence-electron chi connectivity index (χ2n) is 4.03. The summed E-state index contributed by atoms with van der Waals surface area (Å²) < 4.78 is 0. The Balaban J connectivity index is 2.52. The van der Waals surface area contributed by atoms with E-state index in [4.69, 9.17) is 5.11 Å². The Bertz CT molecular complexity index is 222. The third-order valence-electron chi connectivity index (χ3n) is 3.10. The van der Waals surface area contributed by atoms with Crippen LogP contribution in [0.3, 0.4) is 0 Å². The van der Waals surface area contributed by atoms with Gasteiger partial charge < -0.3 is 5.11 Å². The van der Waals surface area contributed by atoms with Gasteiger partial charge in [-0.2, -0.15) is 0 Å². The van der Waals surface area contributed by atoms with Crippen molar-refractivity contribution >= 4 is 11.8 Å². The van der Waals surface area contributed by atoms with Gasteiger partial charge >= 0.3 is 5.97 Å². The number of rotatable bonds is 3. The number of carbonyl (C=O) groups is 2. The maximum absolute atomic E-state index is 11.2. The van der Waals surface area contributed by atoms with Gasteiger partial charge in [0, 0.05) is 18.8 Å². The summed E-state index contributed by atoms with van der Waals surface area (Å²) in [7, 11) is 0. The van der Waals surface area contributed by atoms with Gasteiger partial charge in [0.15, 0.2) is 0 Å². The highest BCUT2D eigenvalue weighted by Crippen LogP contribution is 2.35. The summed E-state index contributed by atoms with van der Waals surface area (Å²) in [6.07, 6.45) is 1.69. The van der Waals surface area contributed by atoms with Crippen LogP contribution in [-0.2, 0) is 9.59 Å². The fraction of sp³-hybridized carbons (Fsp3) is 0.800. The number of carboxylic acid groups (broad SMARTS) is 1. The van der Waals surface area contributed by atoms with E-state index in [0.717, 1.165) is 6.42 Å². The number of carboxylic acids is 1. The summed E-state index contributed by atoms with van der Waals surface area (Å²) in [5, 5.41) is 8.61. The van der Waals surface area contributed by atoms with Gasteiger partial charge in [-0.25, -0.2) is 0 Å². The fourth-order valence-corrected chi connectivity index (χ4v) is 2.23. The Kier molecular flexibility index (Phi) is 3.07. The molecule has 1 aliphatic carbocycles. The minimum absolute atomic E-state index is 0.0642. The van der Waals surface area contributed by atoms with Crippen LogP contribution in [0.4, 0.5) is 0 Å². The van der Waals surface area contributed by atoms with Crippen LogP contribution in [0, 0.1) is 17.8 Å². The largest absolute Gasteiger partial charge is 0.481 e.